The molecule has 5 nitrogen and oxygen atoms in total. The number of nitrogens with zero attached hydrogens (tertiary/aromatic N) is 2. The number of hydrogen-bond donors (Lipinski definition) is 0. The molecule has 1 aromatic carbocycles. The number of rotatable bonds is 3. The minimum atomic E-state index is -3.40. The lowest BCUT2D eigenvalue weighted by atomic mass is 10.3. The molecule has 0 unspecified atom stereocenters. The van der Waals surface area contributed by atoms with Gasteiger partial charge < -0.3 is 4.90 Å². The fourth-order valence-electron chi connectivity index (χ4n) is 2.62. The number of aromatic nitrogens is 1. The first-order valence-electron chi connectivity index (χ1n) is 7.08. The van der Waals surface area contributed by atoms with Crippen LogP contribution >= 0.6 is 0 Å². The number of likely N-dealkylation sites (tertiary alicyclic amines) is 1. The third kappa shape index (κ3) is 2.74. The minimum Gasteiger partial charge on any atom is -0.336 e. The Morgan fingerprint density at radius 3 is 2.50 bits per heavy atom. The fraction of sp³-hybridized carbons (Fsp3) is 0.250. The lowest BCUT2D eigenvalue weighted by Crippen LogP contribution is -2.32. The maximum atomic E-state index is 12.6. The first-order chi connectivity index (χ1) is 10.6. The van der Waals surface area contributed by atoms with Crippen LogP contribution in [-0.4, -0.2) is 42.5 Å². The summed E-state index contributed by atoms with van der Waals surface area (Å²) in [7, 11) is -3.40. The summed E-state index contributed by atoms with van der Waals surface area (Å²) in [6.45, 7) is 0.652. The van der Waals surface area contributed by atoms with Crippen molar-refractivity contribution in [3.8, 4) is 0 Å². The smallest absolute Gasteiger partial charge is 0.272 e. The molecule has 0 saturated carbocycles. The summed E-state index contributed by atoms with van der Waals surface area (Å²) < 4.78 is 25.2. The molecule has 0 N–H and O–H groups in total. The summed E-state index contributed by atoms with van der Waals surface area (Å²) in [5.41, 5.74) is 0.347. The second kappa shape index (κ2) is 5.88. The van der Waals surface area contributed by atoms with Crippen molar-refractivity contribution in [2.24, 2.45) is 0 Å². The predicted octanol–water partition coefficient (Wildman–Crippen LogP) is 1.77. The molecule has 3 rings (SSSR count). The number of pyridine rings is 1. The zero-order chi connectivity index (χ0) is 15.6. The Bertz CT molecular complexity index is 760. The largest absolute Gasteiger partial charge is 0.336 e. The van der Waals surface area contributed by atoms with Crippen LogP contribution < -0.4 is 0 Å². The second-order valence-electron chi connectivity index (χ2n) is 5.23. The van der Waals surface area contributed by atoms with Crippen LogP contribution in [-0.2, 0) is 9.84 Å². The van der Waals surface area contributed by atoms with Gasteiger partial charge in [0.25, 0.3) is 5.91 Å². The number of amides is 1. The minimum absolute atomic E-state index is 0.215. The molecule has 114 valence electrons. The van der Waals surface area contributed by atoms with Gasteiger partial charge in [-0.3, -0.25) is 9.78 Å². The molecule has 0 spiro atoms. The van der Waals surface area contributed by atoms with Crippen LogP contribution in [0.1, 0.15) is 16.9 Å². The summed E-state index contributed by atoms with van der Waals surface area (Å²) in [5, 5.41) is -0.553. The van der Waals surface area contributed by atoms with Gasteiger partial charge in [0.05, 0.1) is 10.1 Å². The zero-order valence-electron chi connectivity index (χ0n) is 11.9. The van der Waals surface area contributed by atoms with Crippen LogP contribution in [0.2, 0.25) is 0 Å². The molecule has 22 heavy (non-hydrogen) atoms. The molecule has 6 heteroatoms. The highest BCUT2D eigenvalue weighted by molar-refractivity contribution is 7.92. The Kier molecular flexibility index (Phi) is 3.94. The van der Waals surface area contributed by atoms with E-state index in [1.165, 1.54) is 0 Å². The maximum Gasteiger partial charge on any atom is 0.272 e. The van der Waals surface area contributed by atoms with Crippen molar-refractivity contribution in [2.75, 3.05) is 13.1 Å². The van der Waals surface area contributed by atoms with Crippen molar-refractivity contribution < 1.29 is 13.2 Å². The topological polar surface area (TPSA) is 67.3 Å². The van der Waals surface area contributed by atoms with E-state index in [1.807, 2.05) is 0 Å². The molecule has 1 atom stereocenters. The van der Waals surface area contributed by atoms with E-state index in [0.717, 1.165) is 0 Å². The molecule has 2 heterocycles. The van der Waals surface area contributed by atoms with Crippen LogP contribution in [0.3, 0.4) is 0 Å². The Hall–Kier alpha value is -2.21. The molecule has 1 amide bonds. The van der Waals surface area contributed by atoms with E-state index in [9.17, 15) is 13.2 Å². The molecule has 1 saturated heterocycles. The highest BCUT2D eigenvalue weighted by atomic mass is 32.2. The second-order valence-corrected chi connectivity index (χ2v) is 7.46. The van der Waals surface area contributed by atoms with E-state index in [-0.39, 0.29) is 12.5 Å². The van der Waals surface area contributed by atoms with Gasteiger partial charge in [-0.2, -0.15) is 0 Å². The molecule has 0 aliphatic carbocycles. The van der Waals surface area contributed by atoms with Gasteiger partial charge >= 0.3 is 0 Å². The van der Waals surface area contributed by atoms with Gasteiger partial charge in [-0.1, -0.05) is 24.3 Å². The van der Waals surface area contributed by atoms with Crippen molar-refractivity contribution in [3.05, 3.63) is 60.4 Å². The average molecular weight is 316 g/mol. The van der Waals surface area contributed by atoms with Gasteiger partial charge in [0.15, 0.2) is 9.84 Å². The fourth-order valence-corrected chi connectivity index (χ4v) is 4.33. The molecule has 1 aliphatic heterocycles. The van der Waals surface area contributed by atoms with E-state index in [2.05, 4.69) is 4.98 Å². The Balaban J connectivity index is 1.77. The van der Waals surface area contributed by atoms with Crippen molar-refractivity contribution in [1.82, 2.24) is 9.88 Å². The lowest BCUT2D eigenvalue weighted by Gasteiger charge is -2.16. The average Bonchev–Trinajstić information content (AvgIpc) is 3.06. The monoisotopic (exact) mass is 316 g/mol. The summed E-state index contributed by atoms with van der Waals surface area (Å²) >= 11 is 0. The van der Waals surface area contributed by atoms with Crippen molar-refractivity contribution in [1.29, 1.82) is 0 Å². The molecule has 1 aliphatic rings. The zero-order valence-corrected chi connectivity index (χ0v) is 12.7. The summed E-state index contributed by atoms with van der Waals surface area (Å²) in [6.07, 6.45) is 2.01. The van der Waals surface area contributed by atoms with E-state index in [1.54, 1.807) is 59.6 Å². The van der Waals surface area contributed by atoms with Crippen molar-refractivity contribution in [3.63, 3.8) is 0 Å². The van der Waals surface area contributed by atoms with E-state index in [4.69, 9.17) is 0 Å². The van der Waals surface area contributed by atoms with E-state index >= 15 is 0 Å². The molecular weight excluding hydrogens is 300 g/mol. The normalized spacial score (nSPS) is 18.4. The standard InChI is InChI=1S/C16H16N2O3S/c19-16(15-8-4-5-10-17-15)18-11-9-14(12-18)22(20,21)13-6-2-1-3-7-13/h1-8,10,14H,9,11-12H2/t14-/m0/s1. The quantitative estimate of drug-likeness (QED) is 0.865. The van der Waals surface area contributed by atoms with Crippen molar-refractivity contribution in [2.45, 2.75) is 16.6 Å². The highest BCUT2D eigenvalue weighted by Crippen LogP contribution is 2.24. The number of carbonyl (C=O) groups excluding carboxylic acids is 1. The molecule has 0 bridgehead atoms. The van der Waals surface area contributed by atoms with Crippen LogP contribution in [0.15, 0.2) is 59.6 Å². The highest BCUT2D eigenvalue weighted by Gasteiger charge is 2.36. The van der Waals surface area contributed by atoms with Crippen LogP contribution in [0.4, 0.5) is 0 Å². The number of carbonyl (C=O) groups is 1. The molecule has 0 radical (unpaired) electrons. The van der Waals surface area contributed by atoms with Gasteiger partial charge in [0.2, 0.25) is 0 Å². The Morgan fingerprint density at radius 1 is 1.09 bits per heavy atom. The molecular formula is C16H16N2O3S. The Labute approximate surface area is 129 Å². The van der Waals surface area contributed by atoms with Gasteiger partial charge in [-0.25, -0.2) is 8.42 Å². The van der Waals surface area contributed by atoms with E-state index < -0.39 is 15.1 Å². The van der Waals surface area contributed by atoms with Gasteiger partial charge in [-0.05, 0) is 30.7 Å². The summed E-state index contributed by atoms with van der Waals surface area (Å²) in [5.74, 6) is -0.216. The number of benzene rings is 1. The van der Waals surface area contributed by atoms with Gasteiger partial charge in [0, 0.05) is 19.3 Å². The SMILES string of the molecule is O=C(c1ccccn1)N1CC[C@H](S(=O)(=O)c2ccccc2)C1. The Morgan fingerprint density at radius 2 is 1.82 bits per heavy atom. The summed E-state index contributed by atoms with van der Waals surface area (Å²) in [4.78, 5) is 18.2. The third-order valence-electron chi connectivity index (χ3n) is 3.83. The molecule has 1 aromatic heterocycles. The summed E-state index contributed by atoms with van der Waals surface area (Å²) in [6, 6.07) is 13.5. The van der Waals surface area contributed by atoms with Crippen LogP contribution in [0.25, 0.3) is 0 Å². The lowest BCUT2D eigenvalue weighted by molar-refractivity contribution is 0.0787. The maximum absolute atomic E-state index is 12.6. The number of sulfone groups is 1. The van der Waals surface area contributed by atoms with E-state index in [0.29, 0.717) is 23.6 Å². The van der Waals surface area contributed by atoms with Crippen LogP contribution in [0.5, 0.6) is 0 Å². The molecule has 2 aromatic rings. The first-order valence-corrected chi connectivity index (χ1v) is 8.63. The first kappa shape index (κ1) is 14.7. The third-order valence-corrected chi connectivity index (χ3v) is 6.02. The number of hydrogen-bond acceptors (Lipinski definition) is 4. The van der Waals surface area contributed by atoms with Gasteiger partial charge in [-0.15, -0.1) is 0 Å². The molecule has 1 fully saturated rings. The van der Waals surface area contributed by atoms with Crippen molar-refractivity contribution >= 4 is 15.7 Å². The van der Waals surface area contributed by atoms with Gasteiger partial charge in [0.1, 0.15) is 5.69 Å². The van der Waals surface area contributed by atoms with Crippen LogP contribution in [0, 0.1) is 0 Å². The predicted molar refractivity (Wildman–Crippen MR) is 82.2 cm³/mol.